The molecule has 2 aliphatic rings. The highest BCUT2D eigenvalue weighted by Gasteiger charge is 2.48. The molecule has 5 atom stereocenters. The van der Waals surface area contributed by atoms with Crippen molar-refractivity contribution in [3.8, 4) is 6.07 Å². The number of carbonyl (C=O) groups is 1. The molecule has 5 unspecified atom stereocenters. The van der Waals surface area contributed by atoms with Crippen molar-refractivity contribution in [2.45, 2.75) is 71.3 Å². The van der Waals surface area contributed by atoms with Gasteiger partial charge in [-0.1, -0.05) is 44.7 Å². The predicted molar refractivity (Wildman–Crippen MR) is 96.3 cm³/mol. The largest absolute Gasteiger partial charge is 0.347 e. The van der Waals surface area contributed by atoms with Crippen molar-refractivity contribution in [3.63, 3.8) is 0 Å². The second-order valence-electron chi connectivity index (χ2n) is 7.64. The fourth-order valence-corrected chi connectivity index (χ4v) is 4.19. The van der Waals surface area contributed by atoms with Gasteiger partial charge in [-0.15, -0.1) is 0 Å². The minimum atomic E-state index is -0.675. The van der Waals surface area contributed by atoms with E-state index in [4.69, 9.17) is 11.4 Å². The minimum absolute atomic E-state index is 0.323. The molecule has 5 nitrogen and oxygen atoms in total. The molecule has 136 valence electrons. The van der Waals surface area contributed by atoms with E-state index in [1.54, 1.807) is 6.21 Å². The summed E-state index contributed by atoms with van der Waals surface area (Å²) in [7, 11) is 0. The highest BCUT2D eigenvalue weighted by Crippen LogP contribution is 2.40. The average Bonchev–Trinajstić information content (AvgIpc) is 2.66. The summed E-state index contributed by atoms with van der Waals surface area (Å²) >= 11 is 0. The topological polar surface area (TPSA) is 66.8 Å². The van der Waals surface area contributed by atoms with Gasteiger partial charge in [-0.05, 0) is 37.0 Å². The molecule has 0 spiro atoms. The van der Waals surface area contributed by atoms with Gasteiger partial charge < -0.3 is 9.68 Å². The van der Waals surface area contributed by atoms with Crippen molar-refractivity contribution < 1.29 is 9.63 Å². The van der Waals surface area contributed by atoms with E-state index in [2.05, 4.69) is 29.9 Å². The second kappa shape index (κ2) is 9.56. The fraction of sp³-hybridized carbons (Fsp3) is 0.800. The summed E-state index contributed by atoms with van der Waals surface area (Å²) in [5, 5.41) is 13.4. The number of hydrogen-bond donors (Lipinski definition) is 0. The molecule has 0 aromatic heterocycles. The van der Waals surface area contributed by atoms with Crippen LogP contribution in [-0.4, -0.2) is 18.2 Å². The maximum absolute atomic E-state index is 12.5. The number of rotatable bonds is 5. The Hall–Kier alpha value is -1.88. The van der Waals surface area contributed by atoms with Crippen LogP contribution in [0.1, 0.15) is 65.2 Å². The van der Waals surface area contributed by atoms with E-state index in [9.17, 15) is 10.1 Å². The Morgan fingerprint density at radius 3 is 2.72 bits per heavy atom. The van der Waals surface area contributed by atoms with E-state index >= 15 is 0 Å². The molecule has 5 heteroatoms. The van der Waals surface area contributed by atoms with Crippen LogP contribution in [0.15, 0.2) is 5.16 Å². The predicted octanol–water partition coefficient (Wildman–Crippen LogP) is 4.60. The number of oxime groups is 1. The Balaban J connectivity index is 1.99. The Bertz CT molecular complexity index is 530. The third-order valence-corrected chi connectivity index (χ3v) is 6.07. The molecular formula is C20H29N3O2. The smallest absolute Gasteiger partial charge is 0.318 e. The van der Waals surface area contributed by atoms with E-state index in [-0.39, 0.29) is 0 Å². The molecule has 2 fully saturated rings. The summed E-state index contributed by atoms with van der Waals surface area (Å²) in [6.07, 6.45) is 9.93. The van der Waals surface area contributed by atoms with Gasteiger partial charge in [0.05, 0.1) is 12.0 Å². The van der Waals surface area contributed by atoms with Crippen LogP contribution in [0.2, 0.25) is 0 Å². The van der Waals surface area contributed by atoms with Gasteiger partial charge >= 0.3 is 5.97 Å². The molecule has 2 aliphatic carbocycles. The zero-order valence-electron chi connectivity index (χ0n) is 15.4. The summed E-state index contributed by atoms with van der Waals surface area (Å²) in [6.45, 7) is 11.8. The van der Waals surface area contributed by atoms with Gasteiger partial charge in [0.25, 0.3) is 0 Å². The zero-order chi connectivity index (χ0) is 18.2. The quantitative estimate of drug-likeness (QED) is 0.317. The highest BCUT2D eigenvalue weighted by atomic mass is 16.7. The Kier molecular flexibility index (Phi) is 7.44. The van der Waals surface area contributed by atoms with E-state index in [0.717, 1.165) is 19.3 Å². The van der Waals surface area contributed by atoms with E-state index in [1.165, 1.54) is 19.3 Å². The van der Waals surface area contributed by atoms with Crippen molar-refractivity contribution in [3.05, 3.63) is 11.4 Å². The first kappa shape index (κ1) is 19.4. The number of carbonyl (C=O) groups excluding carboxylic acids is 1. The molecule has 0 N–H and O–H groups in total. The lowest BCUT2D eigenvalue weighted by Gasteiger charge is -2.34. The summed E-state index contributed by atoms with van der Waals surface area (Å²) in [5.41, 5.74) is 0. The summed E-state index contributed by atoms with van der Waals surface area (Å²) in [4.78, 5) is 21.3. The van der Waals surface area contributed by atoms with Crippen molar-refractivity contribution in [1.29, 1.82) is 5.26 Å². The van der Waals surface area contributed by atoms with Crippen LogP contribution in [0, 0.1) is 47.5 Å². The third kappa shape index (κ3) is 5.05. The third-order valence-electron chi connectivity index (χ3n) is 6.07. The molecule has 0 bridgehead atoms. The van der Waals surface area contributed by atoms with Gasteiger partial charge in [0, 0.05) is 12.6 Å². The van der Waals surface area contributed by atoms with Gasteiger partial charge in [-0.3, -0.25) is 0 Å². The average molecular weight is 343 g/mol. The first-order valence-corrected chi connectivity index (χ1v) is 9.61. The van der Waals surface area contributed by atoms with Crippen LogP contribution >= 0.6 is 0 Å². The van der Waals surface area contributed by atoms with Crippen molar-refractivity contribution in [2.75, 3.05) is 0 Å². The Morgan fingerprint density at radius 2 is 2.12 bits per heavy atom. The van der Waals surface area contributed by atoms with E-state index in [0.29, 0.717) is 30.6 Å². The monoisotopic (exact) mass is 343 g/mol. The molecule has 2 saturated carbocycles. The van der Waals surface area contributed by atoms with Crippen molar-refractivity contribution >= 4 is 12.2 Å². The molecule has 0 aliphatic heterocycles. The minimum Gasteiger partial charge on any atom is -0.318 e. The summed E-state index contributed by atoms with van der Waals surface area (Å²) < 4.78 is 0. The van der Waals surface area contributed by atoms with Crippen LogP contribution < -0.4 is 0 Å². The standard InChI is InChI=1S/C20H29N3O2/c1-4-14(2)16-10-17(12-21)19(18(11-16)22-3)20(24)25-23-13-15-8-6-5-7-9-15/h13-19H,4-11H2,1-2H3/b23-13+. The first-order valence-electron chi connectivity index (χ1n) is 9.61. The highest BCUT2D eigenvalue weighted by molar-refractivity contribution is 5.75. The lowest BCUT2D eigenvalue weighted by molar-refractivity contribution is -0.151. The van der Waals surface area contributed by atoms with Crippen molar-refractivity contribution in [1.82, 2.24) is 0 Å². The number of nitriles is 1. The van der Waals surface area contributed by atoms with Crippen LogP contribution in [0.4, 0.5) is 0 Å². The SMILES string of the molecule is [C-]#[N+]C1CC(C(C)CC)CC(C#N)C1C(=O)O/N=C/C1CCCCC1. The second-order valence-corrected chi connectivity index (χ2v) is 7.64. The Morgan fingerprint density at radius 1 is 1.40 bits per heavy atom. The zero-order valence-corrected chi connectivity index (χ0v) is 15.4. The maximum atomic E-state index is 12.5. The lowest BCUT2D eigenvalue weighted by Crippen LogP contribution is -2.41. The lowest BCUT2D eigenvalue weighted by atomic mass is 9.68. The summed E-state index contributed by atoms with van der Waals surface area (Å²) in [6, 6.07) is 1.77. The molecule has 0 radical (unpaired) electrons. The molecule has 25 heavy (non-hydrogen) atoms. The van der Waals surface area contributed by atoms with Crippen LogP contribution in [-0.2, 0) is 9.63 Å². The van der Waals surface area contributed by atoms with E-state index in [1.807, 2.05) is 0 Å². The van der Waals surface area contributed by atoms with Crippen LogP contribution in [0.25, 0.3) is 4.85 Å². The number of nitrogens with zero attached hydrogens (tertiary/aromatic N) is 3. The van der Waals surface area contributed by atoms with Gasteiger partial charge in [0.15, 0.2) is 0 Å². The molecule has 0 heterocycles. The van der Waals surface area contributed by atoms with Crippen molar-refractivity contribution in [2.24, 2.45) is 34.7 Å². The van der Waals surface area contributed by atoms with Crippen LogP contribution in [0.3, 0.4) is 0 Å². The normalized spacial score (nSPS) is 31.8. The molecular weight excluding hydrogens is 314 g/mol. The fourth-order valence-electron chi connectivity index (χ4n) is 4.19. The molecule has 2 rings (SSSR count). The maximum Gasteiger partial charge on any atom is 0.347 e. The van der Waals surface area contributed by atoms with Gasteiger partial charge in [-0.2, -0.15) is 5.26 Å². The Labute approximate surface area is 151 Å². The molecule has 0 aromatic carbocycles. The van der Waals surface area contributed by atoms with Gasteiger partial charge in [0.1, 0.15) is 5.92 Å². The molecule has 0 saturated heterocycles. The number of hydrogen-bond acceptors (Lipinski definition) is 4. The van der Waals surface area contributed by atoms with Gasteiger partial charge in [0.2, 0.25) is 6.04 Å². The van der Waals surface area contributed by atoms with Crippen LogP contribution in [0.5, 0.6) is 0 Å². The first-order chi connectivity index (χ1) is 12.1. The molecule has 0 aromatic rings. The van der Waals surface area contributed by atoms with E-state index < -0.39 is 23.8 Å². The van der Waals surface area contributed by atoms with Gasteiger partial charge in [-0.25, -0.2) is 11.4 Å². The molecule has 0 amide bonds. The summed E-state index contributed by atoms with van der Waals surface area (Å²) in [5.74, 6) is -0.478.